The monoisotopic (exact) mass is 663 g/mol. The molecule has 0 bridgehead atoms. The Bertz CT molecular complexity index is 1630. The fourth-order valence-corrected chi connectivity index (χ4v) is 7.10. The van der Waals surface area contributed by atoms with Gasteiger partial charge in [0.25, 0.3) is 26.0 Å². The summed E-state index contributed by atoms with van der Waals surface area (Å²) in [6.45, 7) is 1.53. The molecule has 1 aliphatic carbocycles. The number of sulfonamides is 2. The zero-order valence-corrected chi connectivity index (χ0v) is 24.4. The Morgan fingerprint density at radius 1 is 0.947 bits per heavy atom. The van der Waals surface area contributed by atoms with E-state index in [1.54, 1.807) is 0 Å². The van der Waals surface area contributed by atoms with Crippen LogP contribution in [0.4, 0.5) is 15.8 Å². The first kappa shape index (κ1) is 28.6. The van der Waals surface area contributed by atoms with Crippen molar-refractivity contribution in [3.8, 4) is 0 Å². The van der Waals surface area contributed by atoms with Crippen molar-refractivity contribution < 1.29 is 26.0 Å². The van der Waals surface area contributed by atoms with E-state index in [4.69, 9.17) is 23.2 Å². The maximum absolute atomic E-state index is 13.8. The summed E-state index contributed by atoms with van der Waals surface area (Å²) in [6.07, 6.45) is 2.42. The molecule has 0 aliphatic heterocycles. The first-order valence-corrected chi connectivity index (χ1v) is 15.7. The fourth-order valence-electron chi connectivity index (χ4n) is 3.67. The van der Waals surface area contributed by atoms with E-state index in [0.717, 1.165) is 37.5 Å². The Balaban J connectivity index is 1.73. The highest BCUT2D eigenvalue weighted by atomic mass is 79.9. The molecule has 0 atom stereocenters. The molecule has 3 aromatic rings. The highest BCUT2D eigenvalue weighted by Crippen LogP contribution is 2.30. The van der Waals surface area contributed by atoms with Gasteiger partial charge in [-0.3, -0.25) is 14.2 Å². The molecular formula is C24H21BrCl2FN3O5S2. The fraction of sp³-hybridized carbons (Fsp3) is 0.208. The zero-order valence-electron chi connectivity index (χ0n) is 19.7. The summed E-state index contributed by atoms with van der Waals surface area (Å²) in [5.41, 5.74) is 0.0950. The molecule has 1 amide bonds. The largest absolute Gasteiger partial charge is 0.349 e. The van der Waals surface area contributed by atoms with Crippen LogP contribution in [0.15, 0.2) is 62.8 Å². The third-order valence-electron chi connectivity index (χ3n) is 5.86. The molecule has 8 nitrogen and oxygen atoms in total. The van der Waals surface area contributed by atoms with Gasteiger partial charge < -0.3 is 5.32 Å². The number of hydrogen-bond donors (Lipinski definition) is 3. The van der Waals surface area contributed by atoms with Crippen LogP contribution in [0.5, 0.6) is 0 Å². The number of hydrogen-bond acceptors (Lipinski definition) is 5. The second-order valence-corrected chi connectivity index (χ2v) is 13.8. The van der Waals surface area contributed by atoms with Crippen molar-refractivity contribution in [1.29, 1.82) is 0 Å². The molecule has 3 aromatic carbocycles. The van der Waals surface area contributed by atoms with Gasteiger partial charge in [-0.15, -0.1) is 0 Å². The zero-order chi connectivity index (χ0) is 27.8. The SMILES string of the molecule is Cc1cc(F)c(Br)cc1NS(=O)(=O)c1ccc(NS(=O)(=O)c2cc(Cl)cc(Cl)c2)cc1C(=O)NC1CCC1. The van der Waals surface area contributed by atoms with Gasteiger partial charge in [0.2, 0.25) is 0 Å². The van der Waals surface area contributed by atoms with Crippen LogP contribution in [0.25, 0.3) is 0 Å². The van der Waals surface area contributed by atoms with E-state index < -0.39 is 31.8 Å². The lowest BCUT2D eigenvalue weighted by Crippen LogP contribution is -2.40. The van der Waals surface area contributed by atoms with Crippen LogP contribution >= 0.6 is 39.1 Å². The van der Waals surface area contributed by atoms with Crippen LogP contribution in [0.1, 0.15) is 35.2 Å². The predicted molar refractivity (Wildman–Crippen MR) is 148 cm³/mol. The Kier molecular flexibility index (Phi) is 8.29. The Labute approximate surface area is 238 Å². The highest BCUT2D eigenvalue weighted by molar-refractivity contribution is 9.10. The van der Waals surface area contributed by atoms with Gasteiger partial charge in [0, 0.05) is 21.8 Å². The summed E-state index contributed by atoms with van der Waals surface area (Å²) in [6, 6.07) is 9.56. The summed E-state index contributed by atoms with van der Waals surface area (Å²) in [5, 5.41) is 2.98. The molecule has 0 spiro atoms. The average Bonchev–Trinajstić information content (AvgIpc) is 2.78. The number of benzene rings is 3. The van der Waals surface area contributed by atoms with Crippen LogP contribution in [-0.2, 0) is 20.0 Å². The third kappa shape index (κ3) is 6.42. The van der Waals surface area contributed by atoms with Gasteiger partial charge in [-0.05, 0) is 96.2 Å². The number of halogens is 4. The van der Waals surface area contributed by atoms with Gasteiger partial charge in [-0.2, -0.15) is 0 Å². The minimum absolute atomic E-state index is 0.0506. The summed E-state index contributed by atoms with van der Waals surface area (Å²) < 4.78 is 71.2. The van der Waals surface area contributed by atoms with E-state index in [-0.39, 0.29) is 47.3 Å². The molecule has 1 aliphatic rings. The maximum atomic E-state index is 13.8. The number of nitrogens with one attached hydrogen (secondary N) is 3. The summed E-state index contributed by atoms with van der Waals surface area (Å²) >= 11 is 14.9. The van der Waals surface area contributed by atoms with E-state index in [1.807, 2.05) is 0 Å². The Hall–Kier alpha value is -2.38. The molecule has 0 heterocycles. The van der Waals surface area contributed by atoms with Gasteiger partial charge in [-0.1, -0.05) is 23.2 Å². The van der Waals surface area contributed by atoms with E-state index in [1.165, 1.54) is 37.3 Å². The number of carbonyl (C=O) groups is 1. The molecule has 4 rings (SSSR count). The van der Waals surface area contributed by atoms with Crippen molar-refractivity contribution in [3.63, 3.8) is 0 Å². The van der Waals surface area contributed by atoms with E-state index in [9.17, 15) is 26.0 Å². The standard InChI is InChI=1S/C24H21BrCl2FN3O5S2/c1-13-7-21(28)20(25)12-22(13)31-38(35,36)23-6-5-17(11-19(23)24(32)29-16-3-2-4-16)30-37(33,34)18-9-14(26)8-15(27)10-18/h5-12,16,30-31H,2-4H2,1H3,(H,29,32). The van der Waals surface area contributed by atoms with Crippen LogP contribution < -0.4 is 14.8 Å². The molecule has 0 aromatic heterocycles. The van der Waals surface area contributed by atoms with Gasteiger partial charge >= 0.3 is 0 Å². The average molecular weight is 665 g/mol. The first-order valence-electron chi connectivity index (χ1n) is 11.2. The van der Waals surface area contributed by atoms with Crippen LogP contribution in [0.3, 0.4) is 0 Å². The summed E-state index contributed by atoms with van der Waals surface area (Å²) in [7, 11) is -8.54. The smallest absolute Gasteiger partial charge is 0.262 e. The molecule has 38 heavy (non-hydrogen) atoms. The van der Waals surface area contributed by atoms with Crippen LogP contribution in [-0.4, -0.2) is 28.8 Å². The molecule has 202 valence electrons. The topological polar surface area (TPSA) is 121 Å². The highest BCUT2D eigenvalue weighted by Gasteiger charge is 2.28. The number of amides is 1. The van der Waals surface area contributed by atoms with Crippen molar-refractivity contribution in [3.05, 3.63) is 80.0 Å². The van der Waals surface area contributed by atoms with Gasteiger partial charge in [-0.25, -0.2) is 21.2 Å². The van der Waals surface area contributed by atoms with Crippen molar-refractivity contribution >= 4 is 76.5 Å². The van der Waals surface area contributed by atoms with E-state index in [2.05, 4.69) is 30.7 Å². The minimum Gasteiger partial charge on any atom is -0.349 e. The normalized spacial score (nSPS) is 14.0. The molecule has 1 fully saturated rings. The third-order valence-corrected chi connectivity index (χ3v) is 9.69. The van der Waals surface area contributed by atoms with Crippen LogP contribution in [0, 0.1) is 12.7 Å². The summed E-state index contributed by atoms with van der Waals surface area (Å²) in [4.78, 5) is 12.5. The van der Waals surface area contributed by atoms with Crippen molar-refractivity contribution in [2.24, 2.45) is 0 Å². The van der Waals surface area contributed by atoms with E-state index >= 15 is 0 Å². The molecule has 14 heteroatoms. The molecular weight excluding hydrogens is 644 g/mol. The number of aryl methyl sites for hydroxylation is 1. The van der Waals surface area contributed by atoms with Gasteiger partial charge in [0.15, 0.2) is 0 Å². The second kappa shape index (κ2) is 11.0. The van der Waals surface area contributed by atoms with E-state index in [0.29, 0.717) is 5.56 Å². The lowest BCUT2D eigenvalue weighted by atomic mass is 9.93. The molecule has 0 unspecified atom stereocenters. The Morgan fingerprint density at radius 2 is 1.61 bits per heavy atom. The van der Waals surface area contributed by atoms with Crippen molar-refractivity contribution in [2.45, 2.75) is 42.0 Å². The molecule has 3 N–H and O–H groups in total. The van der Waals surface area contributed by atoms with Crippen LogP contribution in [0.2, 0.25) is 10.0 Å². The number of anilines is 2. The number of rotatable bonds is 8. The maximum Gasteiger partial charge on any atom is 0.262 e. The van der Waals surface area contributed by atoms with Crippen molar-refractivity contribution in [2.75, 3.05) is 9.44 Å². The Morgan fingerprint density at radius 3 is 2.21 bits per heavy atom. The quantitative estimate of drug-likeness (QED) is 0.269. The molecule has 0 saturated heterocycles. The molecule has 1 saturated carbocycles. The predicted octanol–water partition coefficient (Wildman–Crippen LogP) is 6.09. The lowest BCUT2D eigenvalue weighted by molar-refractivity contribution is 0.0913. The number of carbonyl (C=O) groups excluding carboxylic acids is 1. The van der Waals surface area contributed by atoms with Gasteiger partial charge in [0.05, 0.1) is 20.6 Å². The second-order valence-electron chi connectivity index (χ2n) is 8.71. The summed E-state index contributed by atoms with van der Waals surface area (Å²) in [5.74, 6) is -1.25. The first-order chi connectivity index (χ1) is 17.7. The lowest BCUT2D eigenvalue weighted by Gasteiger charge is -2.27. The minimum atomic E-state index is -4.36. The van der Waals surface area contributed by atoms with Gasteiger partial charge in [0.1, 0.15) is 10.7 Å². The van der Waals surface area contributed by atoms with Crippen molar-refractivity contribution in [1.82, 2.24) is 5.32 Å². The molecule has 0 radical (unpaired) electrons.